The molecule has 0 spiro atoms. The zero-order valence-electron chi connectivity index (χ0n) is 12.4. The molecule has 0 unspecified atom stereocenters. The number of rotatable bonds is 2. The van der Waals surface area contributed by atoms with Gasteiger partial charge in [0.2, 0.25) is 0 Å². The first-order valence-electron chi connectivity index (χ1n) is 6.97. The van der Waals surface area contributed by atoms with Gasteiger partial charge in [-0.25, -0.2) is 9.97 Å². The van der Waals surface area contributed by atoms with Crippen molar-refractivity contribution in [2.75, 3.05) is 18.5 Å². The van der Waals surface area contributed by atoms with E-state index < -0.39 is 0 Å². The maximum absolute atomic E-state index is 5.29. The summed E-state index contributed by atoms with van der Waals surface area (Å²) in [4.78, 5) is 8.23. The van der Waals surface area contributed by atoms with E-state index in [2.05, 4.69) is 15.3 Å². The van der Waals surface area contributed by atoms with Crippen LogP contribution in [0.3, 0.4) is 0 Å². The number of aryl methyl sites for hydroxylation is 1. The fourth-order valence-electron chi connectivity index (χ4n) is 1.58. The Labute approximate surface area is 111 Å². The molecule has 0 radical (unpaired) electrons. The van der Waals surface area contributed by atoms with Crippen molar-refractivity contribution in [3.8, 4) is 0 Å². The molecule has 0 aliphatic carbocycles. The van der Waals surface area contributed by atoms with Crippen LogP contribution in [0.1, 0.15) is 46.2 Å². The van der Waals surface area contributed by atoms with Crippen LogP contribution in [0.25, 0.3) is 0 Å². The summed E-state index contributed by atoms with van der Waals surface area (Å²) < 4.78 is 5.29. The molecular formula is C14H27N3O. The van der Waals surface area contributed by atoms with Crippen molar-refractivity contribution in [1.29, 1.82) is 0 Å². The molecule has 0 aromatic carbocycles. The molecule has 1 N–H and O–H groups in total. The Hall–Kier alpha value is -1.16. The summed E-state index contributed by atoms with van der Waals surface area (Å²) >= 11 is 0. The van der Waals surface area contributed by atoms with Crippen molar-refractivity contribution in [3.63, 3.8) is 0 Å². The third-order valence-corrected chi connectivity index (χ3v) is 2.38. The van der Waals surface area contributed by atoms with Gasteiger partial charge in [0.25, 0.3) is 0 Å². The number of anilines is 1. The fourth-order valence-corrected chi connectivity index (χ4v) is 1.58. The van der Waals surface area contributed by atoms with E-state index in [1.54, 1.807) is 6.33 Å². The highest BCUT2D eigenvalue weighted by Crippen LogP contribution is 2.12. The smallest absolute Gasteiger partial charge is 0.129 e. The summed E-state index contributed by atoms with van der Waals surface area (Å²) in [6.45, 7) is 11.7. The molecular weight excluding hydrogens is 226 g/mol. The van der Waals surface area contributed by atoms with Crippen LogP contribution >= 0.6 is 0 Å². The molecule has 18 heavy (non-hydrogen) atoms. The normalized spacial score (nSPS) is 14.7. The molecule has 0 amide bonds. The molecule has 1 aromatic rings. The zero-order valence-corrected chi connectivity index (χ0v) is 12.4. The number of aromatic nitrogens is 2. The van der Waals surface area contributed by atoms with E-state index in [1.807, 2.05) is 40.7 Å². The zero-order chi connectivity index (χ0) is 13.8. The van der Waals surface area contributed by atoms with Crippen LogP contribution in [-0.4, -0.2) is 29.2 Å². The molecule has 0 saturated carbocycles. The molecule has 0 bridgehead atoms. The average Bonchev–Trinajstić information content (AvgIpc) is 2.44. The number of nitrogens with one attached hydrogen (secondary N) is 1. The standard InChI is InChI=1S/C10H15N3O.2C2H6/c1-8-6-10(12-7-11-8)13-9-2-4-14-5-3-9;2*1-2/h6-7,9H,2-5H2,1H3,(H,11,12,13);2*1-2H3. The predicted octanol–water partition coefficient (Wildman–Crippen LogP) is 3.43. The number of hydrogen-bond acceptors (Lipinski definition) is 4. The Kier molecular flexibility index (Phi) is 10.3. The Morgan fingerprint density at radius 1 is 1.11 bits per heavy atom. The lowest BCUT2D eigenvalue weighted by Gasteiger charge is -2.23. The second-order valence-corrected chi connectivity index (χ2v) is 3.58. The van der Waals surface area contributed by atoms with E-state index in [0.717, 1.165) is 37.6 Å². The Bertz CT molecular complexity index is 299. The second kappa shape index (κ2) is 11.0. The summed E-state index contributed by atoms with van der Waals surface area (Å²) in [7, 11) is 0. The van der Waals surface area contributed by atoms with Gasteiger partial charge in [-0.2, -0.15) is 0 Å². The highest BCUT2D eigenvalue weighted by molar-refractivity contribution is 5.35. The summed E-state index contributed by atoms with van der Waals surface area (Å²) in [6.07, 6.45) is 3.71. The Balaban J connectivity index is 0.000000659. The van der Waals surface area contributed by atoms with Gasteiger partial charge >= 0.3 is 0 Å². The number of nitrogens with zero attached hydrogens (tertiary/aromatic N) is 2. The molecule has 1 aliphatic heterocycles. The number of ether oxygens (including phenoxy) is 1. The summed E-state index contributed by atoms with van der Waals surface area (Å²) in [6, 6.07) is 2.47. The van der Waals surface area contributed by atoms with Crippen molar-refractivity contribution in [2.45, 2.75) is 53.5 Å². The highest BCUT2D eigenvalue weighted by Gasteiger charge is 2.13. The van der Waals surface area contributed by atoms with E-state index in [0.29, 0.717) is 6.04 Å². The van der Waals surface area contributed by atoms with Crippen LogP contribution in [0.5, 0.6) is 0 Å². The third-order valence-electron chi connectivity index (χ3n) is 2.38. The van der Waals surface area contributed by atoms with Crippen LogP contribution in [0.15, 0.2) is 12.4 Å². The molecule has 4 heteroatoms. The fraction of sp³-hybridized carbons (Fsp3) is 0.714. The van der Waals surface area contributed by atoms with E-state index in [4.69, 9.17) is 4.74 Å². The lowest BCUT2D eigenvalue weighted by Crippen LogP contribution is -2.28. The lowest BCUT2D eigenvalue weighted by molar-refractivity contribution is 0.0904. The van der Waals surface area contributed by atoms with Crippen LogP contribution < -0.4 is 5.32 Å². The van der Waals surface area contributed by atoms with Gasteiger partial charge < -0.3 is 10.1 Å². The van der Waals surface area contributed by atoms with Crippen molar-refractivity contribution < 1.29 is 4.74 Å². The van der Waals surface area contributed by atoms with Crippen LogP contribution in [-0.2, 0) is 4.74 Å². The van der Waals surface area contributed by atoms with Gasteiger partial charge in [-0.1, -0.05) is 27.7 Å². The first kappa shape index (κ1) is 16.8. The molecule has 1 fully saturated rings. The van der Waals surface area contributed by atoms with E-state index in [-0.39, 0.29) is 0 Å². The Morgan fingerprint density at radius 2 is 1.72 bits per heavy atom. The van der Waals surface area contributed by atoms with Crippen LogP contribution in [0, 0.1) is 6.92 Å². The molecule has 1 aliphatic rings. The summed E-state index contributed by atoms with van der Waals surface area (Å²) in [5.74, 6) is 0.921. The monoisotopic (exact) mass is 253 g/mol. The molecule has 2 rings (SSSR count). The van der Waals surface area contributed by atoms with Gasteiger partial charge in [-0.15, -0.1) is 0 Å². The largest absolute Gasteiger partial charge is 0.381 e. The van der Waals surface area contributed by atoms with E-state index in [9.17, 15) is 0 Å². The minimum atomic E-state index is 0.498. The minimum absolute atomic E-state index is 0.498. The van der Waals surface area contributed by atoms with Gasteiger partial charge in [0, 0.05) is 31.0 Å². The predicted molar refractivity (Wildman–Crippen MR) is 76.9 cm³/mol. The lowest BCUT2D eigenvalue weighted by atomic mass is 10.1. The average molecular weight is 253 g/mol. The molecule has 104 valence electrons. The van der Waals surface area contributed by atoms with Gasteiger partial charge in [-0.3, -0.25) is 0 Å². The molecule has 4 nitrogen and oxygen atoms in total. The molecule has 1 aromatic heterocycles. The van der Waals surface area contributed by atoms with Crippen molar-refractivity contribution in [3.05, 3.63) is 18.1 Å². The van der Waals surface area contributed by atoms with Gasteiger partial charge in [0.05, 0.1) is 0 Å². The molecule has 1 saturated heterocycles. The van der Waals surface area contributed by atoms with Crippen molar-refractivity contribution in [2.24, 2.45) is 0 Å². The topological polar surface area (TPSA) is 47.0 Å². The maximum Gasteiger partial charge on any atom is 0.129 e. The highest BCUT2D eigenvalue weighted by atomic mass is 16.5. The second-order valence-electron chi connectivity index (χ2n) is 3.58. The van der Waals surface area contributed by atoms with Crippen molar-refractivity contribution in [1.82, 2.24) is 9.97 Å². The number of hydrogen-bond donors (Lipinski definition) is 1. The first-order chi connectivity index (χ1) is 8.84. The van der Waals surface area contributed by atoms with Crippen molar-refractivity contribution >= 4 is 5.82 Å². The molecule has 0 atom stereocenters. The van der Waals surface area contributed by atoms with Crippen LogP contribution in [0.4, 0.5) is 5.82 Å². The third kappa shape index (κ3) is 6.55. The summed E-state index contributed by atoms with van der Waals surface area (Å²) in [5, 5.41) is 3.39. The van der Waals surface area contributed by atoms with Gasteiger partial charge in [0.1, 0.15) is 12.1 Å². The Morgan fingerprint density at radius 3 is 2.28 bits per heavy atom. The minimum Gasteiger partial charge on any atom is -0.381 e. The van der Waals surface area contributed by atoms with Crippen LogP contribution in [0.2, 0.25) is 0 Å². The quantitative estimate of drug-likeness (QED) is 0.877. The van der Waals surface area contributed by atoms with E-state index in [1.165, 1.54) is 0 Å². The van der Waals surface area contributed by atoms with E-state index >= 15 is 0 Å². The van der Waals surface area contributed by atoms with Gasteiger partial charge in [-0.05, 0) is 19.8 Å². The SMILES string of the molecule is CC.CC.Cc1cc(NC2CCOCC2)ncn1. The maximum atomic E-state index is 5.29. The molecule has 2 heterocycles. The summed E-state index contributed by atoms with van der Waals surface area (Å²) in [5.41, 5.74) is 0.995. The first-order valence-corrected chi connectivity index (χ1v) is 6.97. The van der Waals surface area contributed by atoms with Gasteiger partial charge in [0.15, 0.2) is 0 Å².